The second-order valence-electron chi connectivity index (χ2n) is 7.09. The minimum Gasteiger partial charge on any atom is -0.445 e. The van der Waals surface area contributed by atoms with Crippen molar-refractivity contribution in [1.82, 2.24) is 10.6 Å². The molecule has 0 saturated carbocycles. The van der Waals surface area contributed by atoms with Gasteiger partial charge in [0.1, 0.15) is 12.6 Å². The van der Waals surface area contributed by atoms with Gasteiger partial charge in [-0.05, 0) is 23.6 Å². The molecule has 0 aliphatic carbocycles. The lowest BCUT2D eigenvalue weighted by molar-refractivity contribution is -0.123. The molecule has 2 N–H and O–H groups in total. The third-order valence-electron chi connectivity index (χ3n) is 4.76. The fourth-order valence-corrected chi connectivity index (χ4v) is 3.11. The monoisotopic (exact) mass is 402 g/mol. The Bertz CT molecular complexity index is 930. The number of amides is 2. The molecule has 5 nitrogen and oxygen atoms in total. The lowest BCUT2D eigenvalue weighted by atomic mass is 10.0. The van der Waals surface area contributed by atoms with Gasteiger partial charge in [-0.25, -0.2) is 4.79 Å². The molecule has 3 rings (SSSR count). The van der Waals surface area contributed by atoms with Crippen LogP contribution in [-0.2, 0) is 22.6 Å². The van der Waals surface area contributed by atoms with Gasteiger partial charge in [-0.3, -0.25) is 4.79 Å². The second-order valence-corrected chi connectivity index (χ2v) is 7.09. The van der Waals surface area contributed by atoms with E-state index < -0.39 is 12.1 Å². The summed E-state index contributed by atoms with van der Waals surface area (Å²) in [5.74, 6) is -0.258. The van der Waals surface area contributed by atoms with Crippen LogP contribution in [0.3, 0.4) is 0 Å². The first-order chi connectivity index (χ1) is 14.6. The number of hydrogen-bond acceptors (Lipinski definition) is 3. The van der Waals surface area contributed by atoms with Crippen molar-refractivity contribution < 1.29 is 14.3 Å². The molecule has 154 valence electrons. The highest BCUT2D eigenvalue weighted by atomic mass is 16.5. The molecule has 2 unspecified atom stereocenters. The molecule has 0 aliphatic heterocycles. The Morgan fingerprint density at radius 2 is 1.30 bits per heavy atom. The van der Waals surface area contributed by atoms with Crippen molar-refractivity contribution in [2.75, 3.05) is 0 Å². The molecule has 0 radical (unpaired) electrons. The zero-order chi connectivity index (χ0) is 21.2. The molecule has 0 fully saturated rings. The standard InChI is InChI=1S/C25H26N2O3/c1-19(22-15-9-4-10-16-22)26-24(28)23(17-20-11-5-2-6-12-20)27-25(29)30-18-21-13-7-3-8-14-21/h2-16,19,23H,17-18H2,1H3,(H,26,28)(H,27,29). The van der Waals surface area contributed by atoms with E-state index in [4.69, 9.17) is 4.74 Å². The lowest BCUT2D eigenvalue weighted by Gasteiger charge is -2.21. The fraction of sp³-hybridized carbons (Fsp3) is 0.200. The molecule has 5 heteroatoms. The predicted molar refractivity (Wildman–Crippen MR) is 117 cm³/mol. The highest BCUT2D eigenvalue weighted by Crippen LogP contribution is 2.12. The zero-order valence-corrected chi connectivity index (χ0v) is 17.0. The molecule has 0 aliphatic rings. The molecule has 0 saturated heterocycles. The molecular formula is C25H26N2O3. The smallest absolute Gasteiger partial charge is 0.408 e. The van der Waals surface area contributed by atoms with Crippen LogP contribution in [0.25, 0.3) is 0 Å². The summed E-state index contributed by atoms with van der Waals surface area (Å²) < 4.78 is 5.31. The van der Waals surface area contributed by atoms with Crippen LogP contribution >= 0.6 is 0 Å². The molecule has 30 heavy (non-hydrogen) atoms. The van der Waals surface area contributed by atoms with Gasteiger partial charge >= 0.3 is 6.09 Å². The molecule has 2 atom stereocenters. The van der Waals surface area contributed by atoms with E-state index in [9.17, 15) is 9.59 Å². The average molecular weight is 402 g/mol. The molecule has 0 spiro atoms. The van der Waals surface area contributed by atoms with Crippen LogP contribution in [0.4, 0.5) is 4.79 Å². The van der Waals surface area contributed by atoms with Crippen molar-refractivity contribution in [1.29, 1.82) is 0 Å². The number of carbonyl (C=O) groups excluding carboxylic acids is 2. The first-order valence-corrected chi connectivity index (χ1v) is 9.98. The molecule has 2 amide bonds. The quantitative estimate of drug-likeness (QED) is 0.587. The van der Waals surface area contributed by atoms with Gasteiger partial charge in [-0.15, -0.1) is 0 Å². The van der Waals surface area contributed by atoms with Gasteiger partial charge in [0.2, 0.25) is 5.91 Å². The van der Waals surface area contributed by atoms with Crippen molar-refractivity contribution in [2.45, 2.75) is 32.0 Å². The maximum absolute atomic E-state index is 13.0. The lowest BCUT2D eigenvalue weighted by Crippen LogP contribution is -2.48. The normalized spacial score (nSPS) is 12.4. The molecule has 0 bridgehead atoms. The topological polar surface area (TPSA) is 67.4 Å². The van der Waals surface area contributed by atoms with Crippen LogP contribution in [0.2, 0.25) is 0 Å². The van der Waals surface area contributed by atoms with Gasteiger partial charge in [-0.2, -0.15) is 0 Å². The van der Waals surface area contributed by atoms with E-state index in [0.717, 1.165) is 16.7 Å². The maximum Gasteiger partial charge on any atom is 0.408 e. The summed E-state index contributed by atoms with van der Waals surface area (Å²) in [5.41, 5.74) is 2.83. The van der Waals surface area contributed by atoms with E-state index in [1.54, 1.807) is 0 Å². The van der Waals surface area contributed by atoms with Crippen LogP contribution in [-0.4, -0.2) is 18.0 Å². The third-order valence-corrected chi connectivity index (χ3v) is 4.76. The summed E-state index contributed by atoms with van der Waals surface area (Å²) in [4.78, 5) is 25.3. The highest BCUT2D eigenvalue weighted by molar-refractivity contribution is 5.86. The number of carbonyl (C=O) groups is 2. The van der Waals surface area contributed by atoms with Gasteiger partial charge in [-0.1, -0.05) is 91.0 Å². The Hall–Kier alpha value is -3.60. The number of benzene rings is 3. The number of hydrogen-bond donors (Lipinski definition) is 2. The summed E-state index contributed by atoms with van der Waals surface area (Å²) in [5, 5.41) is 5.71. The molecule has 3 aromatic rings. The van der Waals surface area contributed by atoms with E-state index in [2.05, 4.69) is 10.6 Å². The Morgan fingerprint density at radius 3 is 1.90 bits per heavy atom. The van der Waals surface area contributed by atoms with E-state index in [-0.39, 0.29) is 18.6 Å². The molecule has 0 heterocycles. The number of ether oxygens (including phenoxy) is 1. The fourth-order valence-electron chi connectivity index (χ4n) is 3.11. The van der Waals surface area contributed by atoms with Crippen molar-refractivity contribution in [3.05, 3.63) is 108 Å². The predicted octanol–water partition coefficient (Wildman–Crippen LogP) is 4.40. The molecular weight excluding hydrogens is 376 g/mol. The Labute approximate surface area is 177 Å². The van der Waals surface area contributed by atoms with Crippen molar-refractivity contribution in [3.63, 3.8) is 0 Å². The summed E-state index contributed by atoms with van der Waals surface area (Å²) >= 11 is 0. The largest absolute Gasteiger partial charge is 0.445 e. The minimum absolute atomic E-state index is 0.146. The van der Waals surface area contributed by atoms with Crippen LogP contribution in [0.5, 0.6) is 0 Å². The first kappa shape index (κ1) is 21.1. The Morgan fingerprint density at radius 1 is 0.767 bits per heavy atom. The summed E-state index contributed by atoms with van der Waals surface area (Å²) in [6.07, 6.45) is -0.253. The average Bonchev–Trinajstić information content (AvgIpc) is 2.79. The van der Waals surface area contributed by atoms with Crippen molar-refractivity contribution >= 4 is 12.0 Å². The van der Waals surface area contributed by atoms with Crippen molar-refractivity contribution in [2.24, 2.45) is 0 Å². The van der Waals surface area contributed by atoms with Gasteiger partial charge in [0.25, 0.3) is 0 Å². The van der Waals surface area contributed by atoms with Gasteiger partial charge in [0.05, 0.1) is 6.04 Å². The highest BCUT2D eigenvalue weighted by Gasteiger charge is 2.23. The van der Waals surface area contributed by atoms with Gasteiger partial charge in [0.15, 0.2) is 0 Å². The van der Waals surface area contributed by atoms with E-state index >= 15 is 0 Å². The number of rotatable bonds is 8. The van der Waals surface area contributed by atoms with E-state index in [1.807, 2.05) is 97.9 Å². The zero-order valence-electron chi connectivity index (χ0n) is 17.0. The second kappa shape index (κ2) is 10.8. The van der Waals surface area contributed by atoms with Gasteiger partial charge in [0, 0.05) is 6.42 Å². The Balaban J connectivity index is 1.64. The van der Waals surface area contributed by atoms with Crippen LogP contribution in [0.15, 0.2) is 91.0 Å². The van der Waals surface area contributed by atoms with Crippen LogP contribution < -0.4 is 10.6 Å². The van der Waals surface area contributed by atoms with Crippen molar-refractivity contribution in [3.8, 4) is 0 Å². The molecule has 3 aromatic carbocycles. The van der Waals surface area contributed by atoms with Gasteiger partial charge < -0.3 is 15.4 Å². The number of alkyl carbamates (subject to hydrolysis) is 1. The van der Waals surface area contributed by atoms with Crippen LogP contribution in [0, 0.1) is 0 Å². The summed E-state index contributed by atoms with van der Waals surface area (Å²) in [7, 11) is 0. The van der Waals surface area contributed by atoms with E-state index in [1.165, 1.54) is 0 Å². The number of nitrogens with one attached hydrogen (secondary N) is 2. The maximum atomic E-state index is 13.0. The summed E-state index contributed by atoms with van der Waals surface area (Å²) in [6, 6.07) is 27.8. The Kier molecular flexibility index (Phi) is 7.61. The first-order valence-electron chi connectivity index (χ1n) is 9.98. The third kappa shape index (κ3) is 6.48. The summed E-state index contributed by atoms with van der Waals surface area (Å²) in [6.45, 7) is 2.06. The SMILES string of the molecule is CC(NC(=O)C(Cc1ccccc1)NC(=O)OCc1ccccc1)c1ccccc1. The minimum atomic E-state index is -0.748. The molecule has 0 aromatic heterocycles. The van der Waals surface area contributed by atoms with Crippen LogP contribution in [0.1, 0.15) is 29.7 Å². The van der Waals surface area contributed by atoms with E-state index in [0.29, 0.717) is 6.42 Å².